The summed E-state index contributed by atoms with van der Waals surface area (Å²) in [6.45, 7) is 3.94. The highest BCUT2D eigenvalue weighted by atomic mass is 35.6. The third-order valence-electron chi connectivity index (χ3n) is 3.25. The first-order valence-electron chi connectivity index (χ1n) is 7.22. The zero-order chi connectivity index (χ0) is 18.6. The number of alkyl halides is 3. The molecule has 0 saturated carbocycles. The highest BCUT2D eigenvalue weighted by molar-refractivity contribution is 7.80. The minimum atomic E-state index is -1.84. The van der Waals surface area contributed by atoms with E-state index in [1.807, 2.05) is 32.0 Å². The van der Waals surface area contributed by atoms with Crippen LogP contribution in [0.1, 0.15) is 21.7 Å². The molecule has 0 radical (unpaired) electrons. The van der Waals surface area contributed by atoms with Crippen molar-refractivity contribution < 1.29 is 9.21 Å². The number of furan rings is 1. The van der Waals surface area contributed by atoms with Crippen molar-refractivity contribution in [3.63, 3.8) is 0 Å². The fourth-order valence-electron chi connectivity index (χ4n) is 2.05. The number of anilines is 1. The molecular formula is C16H16Cl3N3O2S. The van der Waals surface area contributed by atoms with Gasteiger partial charge in [-0.15, -0.1) is 0 Å². The SMILES string of the molecule is Cc1ccc(NC(=S)NC(NC(=O)c2ccco2)C(Cl)(Cl)Cl)c(C)c1. The van der Waals surface area contributed by atoms with Crippen LogP contribution in [-0.4, -0.2) is 21.0 Å². The van der Waals surface area contributed by atoms with E-state index in [0.717, 1.165) is 16.8 Å². The van der Waals surface area contributed by atoms with Gasteiger partial charge in [-0.2, -0.15) is 0 Å². The summed E-state index contributed by atoms with van der Waals surface area (Å²) in [7, 11) is 0. The van der Waals surface area contributed by atoms with Crippen LogP contribution in [0.3, 0.4) is 0 Å². The smallest absolute Gasteiger partial charge is 0.288 e. The molecule has 2 aromatic rings. The predicted octanol–water partition coefficient (Wildman–Crippen LogP) is 4.31. The lowest BCUT2D eigenvalue weighted by atomic mass is 10.1. The van der Waals surface area contributed by atoms with E-state index in [1.54, 1.807) is 6.07 Å². The Kier molecular flexibility index (Phi) is 6.57. The molecule has 5 nitrogen and oxygen atoms in total. The Morgan fingerprint density at radius 3 is 2.48 bits per heavy atom. The van der Waals surface area contributed by atoms with Crippen molar-refractivity contribution in [2.75, 3.05) is 5.32 Å². The zero-order valence-electron chi connectivity index (χ0n) is 13.4. The maximum absolute atomic E-state index is 12.1. The lowest BCUT2D eigenvalue weighted by Crippen LogP contribution is -2.56. The average molecular weight is 421 g/mol. The molecule has 0 aliphatic carbocycles. The molecule has 1 heterocycles. The Bertz CT molecular complexity index is 760. The van der Waals surface area contributed by atoms with Crippen molar-refractivity contribution in [3.8, 4) is 0 Å². The van der Waals surface area contributed by atoms with Crippen molar-refractivity contribution in [1.82, 2.24) is 10.6 Å². The summed E-state index contributed by atoms with van der Waals surface area (Å²) in [5.74, 6) is -0.447. The second kappa shape index (κ2) is 8.27. The minimum absolute atomic E-state index is 0.0920. The van der Waals surface area contributed by atoms with E-state index in [1.165, 1.54) is 12.3 Å². The fourth-order valence-corrected chi connectivity index (χ4v) is 2.61. The van der Waals surface area contributed by atoms with Crippen LogP contribution in [0.25, 0.3) is 0 Å². The maximum Gasteiger partial charge on any atom is 0.288 e. The van der Waals surface area contributed by atoms with Crippen molar-refractivity contribution in [1.29, 1.82) is 0 Å². The van der Waals surface area contributed by atoms with Crippen LogP contribution < -0.4 is 16.0 Å². The lowest BCUT2D eigenvalue weighted by Gasteiger charge is -2.27. The predicted molar refractivity (Wildman–Crippen MR) is 106 cm³/mol. The van der Waals surface area contributed by atoms with E-state index in [2.05, 4.69) is 16.0 Å². The van der Waals surface area contributed by atoms with E-state index in [9.17, 15) is 4.79 Å². The first kappa shape index (κ1) is 19.8. The van der Waals surface area contributed by atoms with Gasteiger partial charge in [-0.1, -0.05) is 52.5 Å². The van der Waals surface area contributed by atoms with E-state index in [-0.39, 0.29) is 10.9 Å². The molecule has 25 heavy (non-hydrogen) atoms. The van der Waals surface area contributed by atoms with Crippen LogP contribution >= 0.6 is 47.0 Å². The summed E-state index contributed by atoms with van der Waals surface area (Å²) >= 11 is 23.1. The first-order chi connectivity index (χ1) is 11.7. The quantitative estimate of drug-likeness (QED) is 0.391. The first-order valence-corrected chi connectivity index (χ1v) is 8.77. The fraction of sp³-hybridized carbons (Fsp3) is 0.250. The third kappa shape index (κ3) is 5.78. The number of aryl methyl sites for hydroxylation is 2. The highest BCUT2D eigenvalue weighted by Gasteiger charge is 2.35. The number of hydrogen-bond acceptors (Lipinski definition) is 3. The molecule has 0 saturated heterocycles. The van der Waals surface area contributed by atoms with Gasteiger partial charge in [0.15, 0.2) is 10.9 Å². The van der Waals surface area contributed by atoms with E-state index in [4.69, 9.17) is 51.4 Å². The van der Waals surface area contributed by atoms with Gasteiger partial charge in [-0.3, -0.25) is 4.79 Å². The number of rotatable bonds is 4. The van der Waals surface area contributed by atoms with Gasteiger partial charge in [0, 0.05) is 5.69 Å². The average Bonchev–Trinajstić information content (AvgIpc) is 3.03. The van der Waals surface area contributed by atoms with Crippen LogP contribution in [0.15, 0.2) is 41.0 Å². The Labute approximate surface area is 166 Å². The molecule has 0 aliphatic heterocycles. The van der Waals surface area contributed by atoms with Crippen LogP contribution in [-0.2, 0) is 0 Å². The molecule has 1 aromatic carbocycles. The van der Waals surface area contributed by atoms with Crippen molar-refractivity contribution in [3.05, 3.63) is 53.5 Å². The number of carbonyl (C=O) groups is 1. The molecule has 1 unspecified atom stereocenters. The van der Waals surface area contributed by atoms with Crippen LogP contribution in [0.2, 0.25) is 0 Å². The van der Waals surface area contributed by atoms with Crippen LogP contribution in [0.4, 0.5) is 5.69 Å². The Morgan fingerprint density at radius 2 is 1.92 bits per heavy atom. The van der Waals surface area contributed by atoms with Crippen LogP contribution in [0, 0.1) is 13.8 Å². The summed E-state index contributed by atoms with van der Waals surface area (Å²) in [5, 5.41) is 8.54. The van der Waals surface area contributed by atoms with Crippen molar-refractivity contribution in [2.24, 2.45) is 0 Å². The molecule has 2 rings (SSSR count). The summed E-state index contributed by atoms with van der Waals surface area (Å²) < 4.78 is 3.18. The van der Waals surface area contributed by atoms with E-state index < -0.39 is 15.9 Å². The van der Waals surface area contributed by atoms with E-state index >= 15 is 0 Å². The monoisotopic (exact) mass is 419 g/mol. The number of nitrogens with one attached hydrogen (secondary N) is 3. The van der Waals surface area contributed by atoms with Gasteiger partial charge in [0.2, 0.25) is 3.79 Å². The lowest BCUT2D eigenvalue weighted by molar-refractivity contribution is 0.0906. The summed E-state index contributed by atoms with van der Waals surface area (Å²) in [6.07, 6.45) is 0.305. The summed E-state index contributed by atoms with van der Waals surface area (Å²) in [6, 6.07) is 8.93. The van der Waals surface area contributed by atoms with Gasteiger partial charge in [0.25, 0.3) is 5.91 Å². The molecule has 0 bridgehead atoms. The normalized spacial score (nSPS) is 12.4. The Hall–Kier alpha value is -1.47. The largest absolute Gasteiger partial charge is 0.459 e. The van der Waals surface area contributed by atoms with Gasteiger partial charge in [-0.05, 0) is 49.8 Å². The molecule has 0 aliphatic rings. The van der Waals surface area contributed by atoms with Gasteiger partial charge in [0.05, 0.1) is 6.26 Å². The summed E-state index contributed by atoms with van der Waals surface area (Å²) in [4.78, 5) is 12.1. The number of carbonyl (C=O) groups excluding carboxylic acids is 1. The molecule has 9 heteroatoms. The van der Waals surface area contributed by atoms with Crippen molar-refractivity contribution >= 4 is 63.7 Å². The topological polar surface area (TPSA) is 66.3 Å². The highest BCUT2D eigenvalue weighted by Crippen LogP contribution is 2.29. The second-order valence-electron chi connectivity index (χ2n) is 5.34. The molecule has 0 fully saturated rings. The summed E-state index contributed by atoms with van der Waals surface area (Å²) in [5.41, 5.74) is 2.95. The number of halogens is 3. The molecular weight excluding hydrogens is 405 g/mol. The van der Waals surface area contributed by atoms with Gasteiger partial charge < -0.3 is 20.4 Å². The third-order valence-corrected chi connectivity index (χ3v) is 4.13. The molecule has 1 aromatic heterocycles. The minimum Gasteiger partial charge on any atom is -0.459 e. The molecule has 1 atom stereocenters. The number of amides is 1. The molecule has 0 spiro atoms. The van der Waals surface area contributed by atoms with Gasteiger partial charge >= 0.3 is 0 Å². The number of benzene rings is 1. The standard InChI is InChI=1S/C16H16Cl3N3O2S/c1-9-5-6-11(10(2)8-9)20-15(25)22-14(16(17,18)19)21-13(23)12-4-3-7-24-12/h3-8,14H,1-2H3,(H,21,23)(H2,20,22,25). The number of hydrogen-bond donors (Lipinski definition) is 3. The Balaban J connectivity index is 2.06. The van der Waals surface area contributed by atoms with Crippen molar-refractivity contribution in [2.45, 2.75) is 23.8 Å². The van der Waals surface area contributed by atoms with Crippen LogP contribution in [0.5, 0.6) is 0 Å². The molecule has 134 valence electrons. The van der Waals surface area contributed by atoms with E-state index in [0.29, 0.717) is 0 Å². The second-order valence-corrected chi connectivity index (χ2v) is 8.12. The maximum atomic E-state index is 12.1. The molecule has 3 N–H and O–H groups in total. The zero-order valence-corrected chi connectivity index (χ0v) is 16.5. The van der Waals surface area contributed by atoms with Gasteiger partial charge in [-0.25, -0.2) is 0 Å². The van der Waals surface area contributed by atoms with Gasteiger partial charge in [0.1, 0.15) is 6.17 Å². The Morgan fingerprint density at radius 1 is 1.20 bits per heavy atom. The molecule has 1 amide bonds. The number of thiocarbonyl (C=S) groups is 1.